The molecule has 0 saturated heterocycles. The molecule has 0 amide bonds. The van der Waals surface area contributed by atoms with Gasteiger partial charge in [0.25, 0.3) is 0 Å². The van der Waals surface area contributed by atoms with E-state index in [0.717, 1.165) is 5.56 Å². The Hall–Kier alpha value is -2.75. The van der Waals surface area contributed by atoms with Gasteiger partial charge in [0.05, 0.1) is 5.56 Å². The molecule has 0 atom stereocenters. The summed E-state index contributed by atoms with van der Waals surface area (Å²) < 4.78 is 5.59. The van der Waals surface area contributed by atoms with Gasteiger partial charge in [-0.25, -0.2) is 4.42 Å². The third kappa shape index (κ3) is 1.83. The maximum Gasteiger partial charge on any atom is 0.401 e. The van der Waals surface area contributed by atoms with Crippen LogP contribution in [0.1, 0.15) is 0 Å². The Balaban J connectivity index is 2.30. The van der Waals surface area contributed by atoms with Crippen LogP contribution in [-0.2, 0) is 0 Å². The van der Waals surface area contributed by atoms with Crippen LogP contribution in [0.15, 0.2) is 52.9 Å². The molecular weight excluding hydrogens is 244 g/mol. The van der Waals surface area contributed by atoms with Crippen molar-refractivity contribution >= 4 is 11.0 Å². The van der Waals surface area contributed by atoms with Gasteiger partial charge in [0, 0.05) is 12.1 Å². The maximum absolute atomic E-state index is 9.99. The van der Waals surface area contributed by atoms with Gasteiger partial charge in [-0.2, -0.15) is 0 Å². The molecule has 4 nitrogen and oxygen atoms in total. The van der Waals surface area contributed by atoms with E-state index in [4.69, 9.17) is 4.42 Å². The van der Waals surface area contributed by atoms with Crippen LogP contribution >= 0.6 is 0 Å². The van der Waals surface area contributed by atoms with E-state index in [-0.39, 0.29) is 22.6 Å². The molecule has 19 heavy (non-hydrogen) atoms. The largest absolute Gasteiger partial charge is 0.504 e. The molecule has 1 heterocycles. The zero-order valence-corrected chi connectivity index (χ0v) is 9.87. The van der Waals surface area contributed by atoms with Crippen LogP contribution in [-0.4, -0.2) is 15.3 Å². The molecule has 3 N–H and O–H groups in total. The average Bonchev–Trinajstić information content (AvgIpc) is 2.44. The van der Waals surface area contributed by atoms with Crippen molar-refractivity contribution in [3.8, 4) is 28.6 Å². The van der Waals surface area contributed by atoms with Crippen LogP contribution in [0, 0.1) is 0 Å². The molecule has 3 aromatic rings. The molecule has 0 radical (unpaired) electrons. The van der Waals surface area contributed by atoms with Crippen molar-refractivity contribution in [2.45, 2.75) is 0 Å². The Bertz CT molecular complexity index is 751. The van der Waals surface area contributed by atoms with Crippen LogP contribution < -0.4 is 0 Å². The van der Waals surface area contributed by atoms with Gasteiger partial charge in [-0.1, -0.05) is 18.2 Å². The van der Waals surface area contributed by atoms with E-state index in [9.17, 15) is 15.3 Å². The topological polar surface area (TPSA) is 72.0 Å². The van der Waals surface area contributed by atoms with Crippen LogP contribution in [0.4, 0.5) is 0 Å². The van der Waals surface area contributed by atoms with Gasteiger partial charge in [-0.3, -0.25) is 0 Å². The van der Waals surface area contributed by atoms with E-state index < -0.39 is 0 Å². The van der Waals surface area contributed by atoms with Crippen LogP contribution in [0.3, 0.4) is 0 Å². The lowest BCUT2D eigenvalue weighted by Crippen LogP contribution is -1.82. The van der Waals surface area contributed by atoms with Crippen molar-refractivity contribution in [2.75, 3.05) is 0 Å². The number of benzene rings is 2. The second-order valence-corrected chi connectivity index (χ2v) is 4.17. The van der Waals surface area contributed by atoms with Gasteiger partial charge in [0.1, 0.15) is 5.39 Å². The normalized spacial score (nSPS) is 10.7. The molecule has 0 aliphatic rings. The summed E-state index contributed by atoms with van der Waals surface area (Å²) in [6.45, 7) is 0. The highest BCUT2D eigenvalue weighted by Gasteiger charge is 2.23. The molecule has 0 aliphatic heterocycles. The first-order chi connectivity index (χ1) is 9.16. The van der Waals surface area contributed by atoms with Gasteiger partial charge >= 0.3 is 11.3 Å². The summed E-state index contributed by atoms with van der Waals surface area (Å²) in [4.78, 5) is 0. The quantitative estimate of drug-likeness (QED) is 0.459. The molecule has 2 aromatic carbocycles. The molecule has 4 heteroatoms. The fourth-order valence-electron chi connectivity index (χ4n) is 1.97. The summed E-state index contributed by atoms with van der Waals surface area (Å²) in [7, 11) is 0. The Labute approximate surface area is 108 Å². The van der Waals surface area contributed by atoms with E-state index >= 15 is 0 Å². The monoisotopic (exact) mass is 255 g/mol. The predicted octanol–water partition coefficient (Wildman–Crippen LogP) is 3.50. The summed E-state index contributed by atoms with van der Waals surface area (Å²) in [5.41, 5.74) is 1.11. The molecule has 3 rings (SSSR count). The molecule has 0 spiro atoms. The van der Waals surface area contributed by atoms with E-state index in [1.165, 1.54) is 18.2 Å². The van der Waals surface area contributed by atoms with E-state index in [1.807, 2.05) is 30.3 Å². The highest BCUT2D eigenvalue weighted by atomic mass is 16.4. The van der Waals surface area contributed by atoms with Gasteiger partial charge in [0.15, 0.2) is 11.5 Å². The lowest BCUT2D eigenvalue weighted by atomic mass is 10.1. The van der Waals surface area contributed by atoms with E-state index in [0.29, 0.717) is 11.3 Å². The van der Waals surface area contributed by atoms with Crippen molar-refractivity contribution in [3.05, 3.63) is 48.5 Å². The van der Waals surface area contributed by atoms with Crippen molar-refractivity contribution < 1.29 is 19.7 Å². The first-order valence-corrected chi connectivity index (χ1v) is 5.73. The zero-order chi connectivity index (χ0) is 13.4. The molecule has 0 saturated carbocycles. The average molecular weight is 255 g/mol. The van der Waals surface area contributed by atoms with E-state index in [1.54, 1.807) is 0 Å². The number of rotatable bonds is 1. The maximum atomic E-state index is 9.99. The molecule has 94 valence electrons. The summed E-state index contributed by atoms with van der Waals surface area (Å²) in [6.07, 6.45) is 0. The summed E-state index contributed by atoms with van der Waals surface area (Å²) >= 11 is 0. The van der Waals surface area contributed by atoms with Crippen LogP contribution in [0.5, 0.6) is 17.2 Å². The Morgan fingerprint density at radius 3 is 2.26 bits per heavy atom. The van der Waals surface area contributed by atoms with Gasteiger partial charge < -0.3 is 15.3 Å². The highest BCUT2D eigenvalue weighted by Crippen LogP contribution is 2.39. The van der Waals surface area contributed by atoms with Crippen molar-refractivity contribution in [3.63, 3.8) is 0 Å². The number of hydrogen-bond acceptors (Lipinski definition) is 3. The second kappa shape index (κ2) is 4.17. The Morgan fingerprint density at radius 2 is 1.53 bits per heavy atom. The van der Waals surface area contributed by atoms with Crippen LogP contribution in [0.25, 0.3) is 22.3 Å². The molecule has 0 unspecified atom stereocenters. The number of hydrogen-bond donors (Lipinski definition) is 3. The first-order valence-electron chi connectivity index (χ1n) is 5.73. The minimum Gasteiger partial charge on any atom is -0.504 e. The fraction of sp³-hybridized carbons (Fsp3) is 0. The number of phenols is 2. The minimum absolute atomic E-state index is 0.0976. The van der Waals surface area contributed by atoms with Gasteiger partial charge in [0.2, 0.25) is 5.75 Å². The Kier molecular flexibility index (Phi) is 2.49. The smallest absolute Gasteiger partial charge is 0.401 e. The highest BCUT2D eigenvalue weighted by molar-refractivity contribution is 5.89. The number of fused-ring (bicyclic) bond motifs is 1. The SMILES string of the molecule is Oc1cc2c(O)c(O)ccc2[o+]c1-c1ccccc1. The lowest BCUT2D eigenvalue weighted by Gasteiger charge is -1.99. The molecule has 0 bridgehead atoms. The van der Waals surface area contributed by atoms with Gasteiger partial charge in [-0.15, -0.1) is 0 Å². The van der Waals surface area contributed by atoms with Crippen molar-refractivity contribution in [1.29, 1.82) is 0 Å². The molecule has 0 fully saturated rings. The number of aromatic hydroxyl groups is 3. The second-order valence-electron chi connectivity index (χ2n) is 4.17. The third-order valence-electron chi connectivity index (χ3n) is 2.92. The summed E-state index contributed by atoms with van der Waals surface area (Å²) in [5.74, 6) is -0.344. The summed E-state index contributed by atoms with van der Waals surface area (Å²) in [6, 6.07) is 13.4. The molecular formula is C15H11O4+. The third-order valence-corrected chi connectivity index (χ3v) is 2.92. The van der Waals surface area contributed by atoms with Gasteiger partial charge in [-0.05, 0) is 18.2 Å². The zero-order valence-electron chi connectivity index (χ0n) is 9.87. The molecule has 0 aliphatic carbocycles. The van der Waals surface area contributed by atoms with Crippen molar-refractivity contribution in [1.82, 2.24) is 0 Å². The van der Waals surface area contributed by atoms with E-state index in [2.05, 4.69) is 0 Å². The van der Waals surface area contributed by atoms with Crippen LogP contribution in [0.2, 0.25) is 0 Å². The fourth-order valence-corrected chi connectivity index (χ4v) is 1.97. The lowest BCUT2D eigenvalue weighted by molar-refractivity contribution is 0.406. The standard InChI is InChI=1S/C15H10O4/c16-11-6-7-13-10(14(11)18)8-12(17)15(19-13)9-4-2-1-3-5-9/h1-8H,(H2-,16,17,18)/p+1. The Morgan fingerprint density at radius 1 is 0.789 bits per heavy atom. The van der Waals surface area contributed by atoms with Crippen molar-refractivity contribution in [2.24, 2.45) is 0 Å². The minimum atomic E-state index is -0.309. The molecule has 1 aromatic heterocycles. The predicted molar refractivity (Wildman–Crippen MR) is 71.1 cm³/mol. The first kappa shape index (κ1) is 11.3. The number of phenolic OH excluding ortho intramolecular Hbond substituents is 2. The summed E-state index contributed by atoms with van der Waals surface area (Å²) in [5, 5.41) is 29.4.